The van der Waals surface area contributed by atoms with Gasteiger partial charge in [-0.25, -0.2) is 0 Å². The van der Waals surface area contributed by atoms with Crippen molar-refractivity contribution < 1.29 is 0 Å². The summed E-state index contributed by atoms with van der Waals surface area (Å²) in [5, 5.41) is 8.13. The molecule has 1 atom stereocenters. The van der Waals surface area contributed by atoms with Crippen molar-refractivity contribution >= 4 is 15.9 Å². The van der Waals surface area contributed by atoms with E-state index in [1.54, 1.807) is 0 Å². The van der Waals surface area contributed by atoms with Crippen LogP contribution in [0.1, 0.15) is 48.7 Å². The monoisotopic (exact) mass is 349 g/mol. The Balaban J connectivity index is 2.49. The fourth-order valence-corrected chi connectivity index (χ4v) is 3.27. The van der Waals surface area contributed by atoms with Crippen LogP contribution in [-0.4, -0.2) is 16.3 Å². The highest BCUT2D eigenvalue weighted by atomic mass is 79.9. The van der Waals surface area contributed by atoms with E-state index in [1.807, 2.05) is 6.20 Å². The third-order valence-electron chi connectivity index (χ3n) is 3.58. The predicted molar refractivity (Wildman–Crippen MR) is 91.7 cm³/mol. The molecule has 0 radical (unpaired) electrons. The fraction of sp³-hybridized carbons (Fsp3) is 0.471. The summed E-state index contributed by atoms with van der Waals surface area (Å²) in [5.74, 6) is 0. The van der Waals surface area contributed by atoms with Crippen molar-refractivity contribution in [3.05, 3.63) is 51.3 Å². The molecule has 0 fully saturated rings. The molecule has 0 saturated heterocycles. The molecule has 0 spiro atoms. The first-order valence-corrected chi connectivity index (χ1v) is 8.38. The highest BCUT2D eigenvalue weighted by Gasteiger charge is 2.21. The quantitative estimate of drug-likeness (QED) is 0.838. The summed E-state index contributed by atoms with van der Waals surface area (Å²) in [6, 6.07) is 6.91. The molecule has 114 valence electrons. The lowest BCUT2D eigenvalue weighted by Gasteiger charge is -2.22. The normalized spacial score (nSPS) is 12.6. The zero-order chi connectivity index (χ0) is 15.4. The molecule has 2 rings (SSSR count). The Morgan fingerprint density at radius 3 is 2.43 bits per heavy atom. The lowest BCUT2D eigenvalue weighted by molar-refractivity contribution is 0.528. The van der Waals surface area contributed by atoms with E-state index in [0.29, 0.717) is 0 Å². The molecular formula is C17H24BrN3. The first-order valence-electron chi connectivity index (χ1n) is 7.59. The topological polar surface area (TPSA) is 29.9 Å². The van der Waals surface area contributed by atoms with Crippen LogP contribution in [0.15, 0.2) is 28.9 Å². The van der Waals surface area contributed by atoms with Crippen LogP contribution in [0.25, 0.3) is 0 Å². The van der Waals surface area contributed by atoms with Crippen molar-refractivity contribution in [2.24, 2.45) is 0 Å². The number of rotatable bonds is 6. The summed E-state index contributed by atoms with van der Waals surface area (Å²) < 4.78 is 3.13. The average Bonchev–Trinajstić information content (AvgIpc) is 2.80. The van der Waals surface area contributed by atoms with Gasteiger partial charge in [-0.05, 0) is 55.2 Å². The molecule has 2 aromatic rings. The Morgan fingerprint density at radius 2 is 1.86 bits per heavy atom. The maximum atomic E-state index is 4.46. The van der Waals surface area contributed by atoms with E-state index in [0.717, 1.165) is 24.0 Å². The largest absolute Gasteiger partial charge is 0.305 e. The molecular weight excluding hydrogens is 326 g/mol. The number of hydrogen-bond acceptors (Lipinski definition) is 2. The number of nitrogens with one attached hydrogen (secondary N) is 1. The molecule has 4 heteroatoms. The summed E-state index contributed by atoms with van der Waals surface area (Å²) >= 11 is 3.66. The Labute approximate surface area is 135 Å². The van der Waals surface area contributed by atoms with Crippen molar-refractivity contribution in [1.82, 2.24) is 15.1 Å². The summed E-state index contributed by atoms with van der Waals surface area (Å²) in [5.41, 5.74) is 5.10. The van der Waals surface area contributed by atoms with Crippen molar-refractivity contribution in [3.8, 4) is 0 Å². The van der Waals surface area contributed by atoms with E-state index in [1.165, 1.54) is 22.4 Å². The maximum absolute atomic E-state index is 4.46. The molecule has 0 saturated carbocycles. The lowest BCUT2D eigenvalue weighted by Crippen LogP contribution is -2.26. The van der Waals surface area contributed by atoms with Crippen molar-refractivity contribution in [3.63, 3.8) is 0 Å². The van der Waals surface area contributed by atoms with Gasteiger partial charge in [-0.1, -0.05) is 36.2 Å². The van der Waals surface area contributed by atoms with Crippen molar-refractivity contribution in [2.75, 3.05) is 6.54 Å². The predicted octanol–water partition coefficient (Wildman–Crippen LogP) is 4.37. The molecule has 0 aliphatic rings. The number of aryl methyl sites for hydroxylation is 3. The van der Waals surface area contributed by atoms with Crippen molar-refractivity contribution in [2.45, 2.75) is 46.7 Å². The van der Waals surface area contributed by atoms with Gasteiger partial charge < -0.3 is 5.32 Å². The van der Waals surface area contributed by atoms with Crippen LogP contribution in [0.2, 0.25) is 0 Å². The zero-order valence-corrected chi connectivity index (χ0v) is 14.9. The van der Waals surface area contributed by atoms with E-state index in [-0.39, 0.29) is 6.04 Å². The van der Waals surface area contributed by atoms with Crippen LogP contribution in [-0.2, 0) is 6.54 Å². The standard InChI is InChI=1S/C17H24BrN3/c1-5-7-19-16(14-9-12(3)8-13(4)10-14)17-15(18)11-20-21(17)6-2/h8-11,16,19H,5-7H2,1-4H3. The average molecular weight is 350 g/mol. The third kappa shape index (κ3) is 3.74. The minimum Gasteiger partial charge on any atom is -0.305 e. The molecule has 1 unspecified atom stereocenters. The molecule has 0 aliphatic carbocycles. The van der Waals surface area contributed by atoms with Crippen LogP contribution >= 0.6 is 15.9 Å². The van der Waals surface area contributed by atoms with E-state index >= 15 is 0 Å². The van der Waals surface area contributed by atoms with Gasteiger partial charge in [0.15, 0.2) is 0 Å². The first kappa shape index (κ1) is 16.2. The number of nitrogens with zero attached hydrogens (tertiary/aromatic N) is 2. The Kier molecular flexibility index (Phi) is 5.59. The Hall–Kier alpha value is -1.13. The SMILES string of the molecule is CCCNC(c1cc(C)cc(C)c1)c1c(Br)cnn1CC. The Bertz CT molecular complexity index is 584. The fourth-order valence-electron chi connectivity index (χ4n) is 2.75. The summed E-state index contributed by atoms with van der Waals surface area (Å²) in [4.78, 5) is 0. The molecule has 1 aromatic carbocycles. The zero-order valence-electron chi connectivity index (χ0n) is 13.3. The molecule has 0 amide bonds. The van der Waals surface area contributed by atoms with Gasteiger partial charge in [-0.3, -0.25) is 4.68 Å². The molecule has 1 heterocycles. The van der Waals surface area contributed by atoms with Gasteiger partial charge in [0, 0.05) is 6.54 Å². The molecule has 0 aliphatic heterocycles. The minimum atomic E-state index is 0.167. The minimum absolute atomic E-state index is 0.167. The number of benzene rings is 1. The highest BCUT2D eigenvalue weighted by Crippen LogP contribution is 2.29. The van der Waals surface area contributed by atoms with Gasteiger partial charge in [0.05, 0.1) is 22.4 Å². The van der Waals surface area contributed by atoms with Crippen LogP contribution in [0.4, 0.5) is 0 Å². The van der Waals surface area contributed by atoms with Gasteiger partial charge >= 0.3 is 0 Å². The molecule has 1 N–H and O–H groups in total. The van der Waals surface area contributed by atoms with Crippen LogP contribution in [0.3, 0.4) is 0 Å². The summed E-state index contributed by atoms with van der Waals surface area (Å²) in [6.07, 6.45) is 3.00. The van der Waals surface area contributed by atoms with Gasteiger partial charge in [0.1, 0.15) is 0 Å². The Morgan fingerprint density at radius 1 is 1.19 bits per heavy atom. The van der Waals surface area contributed by atoms with Crippen LogP contribution in [0, 0.1) is 13.8 Å². The summed E-state index contributed by atoms with van der Waals surface area (Å²) in [6.45, 7) is 10.5. The van der Waals surface area contributed by atoms with E-state index in [2.05, 4.69) is 76.9 Å². The van der Waals surface area contributed by atoms with Gasteiger partial charge in [0.2, 0.25) is 0 Å². The van der Waals surface area contributed by atoms with Gasteiger partial charge in [-0.2, -0.15) is 5.10 Å². The second-order valence-electron chi connectivity index (χ2n) is 5.50. The molecule has 1 aromatic heterocycles. The maximum Gasteiger partial charge on any atom is 0.0760 e. The van der Waals surface area contributed by atoms with Crippen LogP contribution < -0.4 is 5.32 Å². The third-order valence-corrected chi connectivity index (χ3v) is 4.19. The molecule has 3 nitrogen and oxygen atoms in total. The molecule has 21 heavy (non-hydrogen) atoms. The second-order valence-corrected chi connectivity index (χ2v) is 6.36. The smallest absolute Gasteiger partial charge is 0.0760 e. The van der Waals surface area contributed by atoms with Crippen LogP contribution in [0.5, 0.6) is 0 Å². The van der Waals surface area contributed by atoms with Gasteiger partial charge in [-0.15, -0.1) is 0 Å². The lowest BCUT2D eigenvalue weighted by atomic mass is 9.99. The van der Waals surface area contributed by atoms with Crippen molar-refractivity contribution in [1.29, 1.82) is 0 Å². The first-order chi connectivity index (χ1) is 10.1. The van der Waals surface area contributed by atoms with E-state index in [4.69, 9.17) is 0 Å². The second kappa shape index (κ2) is 7.23. The van der Waals surface area contributed by atoms with E-state index < -0.39 is 0 Å². The summed E-state index contributed by atoms with van der Waals surface area (Å²) in [7, 11) is 0. The number of halogens is 1. The van der Waals surface area contributed by atoms with E-state index in [9.17, 15) is 0 Å². The van der Waals surface area contributed by atoms with Gasteiger partial charge in [0.25, 0.3) is 0 Å². The molecule has 0 bridgehead atoms. The number of aromatic nitrogens is 2. The highest BCUT2D eigenvalue weighted by molar-refractivity contribution is 9.10. The number of hydrogen-bond donors (Lipinski definition) is 1.